The third-order valence-corrected chi connectivity index (χ3v) is 3.55. The van der Waals surface area contributed by atoms with Crippen LogP contribution in [0.1, 0.15) is 25.3 Å². The summed E-state index contributed by atoms with van der Waals surface area (Å²) in [6.07, 6.45) is 5.93. The fraction of sp³-hybridized carbons (Fsp3) is 0.412. The highest BCUT2D eigenvalue weighted by Gasteiger charge is 2.12. The molecule has 0 bridgehead atoms. The number of carbonyl (C=O) groups excluding carboxylic acids is 1. The Bertz CT molecular complexity index is 546. The largest absolute Gasteiger partial charge is 0.481 e. The second-order valence-corrected chi connectivity index (χ2v) is 5.66. The van der Waals surface area contributed by atoms with Gasteiger partial charge in [0, 0.05) is 18.2 Å². The molecule has 2 rings (SSSR count). The maximum absolute atomic E-state index is 11.8. The van der Waals surface area contributed by atoms with Gasteiger partial charge < -0.3 is 15.7 Å². The smallest absolute Gasteiger partial charge is 0.306 e. The number of hydrogen-bond donors (Lipinski definition) is 3. The number of aliphatic carboxylic acids is 1. The summed E-state index contributed by atoms with van der Waals surface area (Å²) >= 11 is 0. The van der Waals surface area contributed by atoms with Crippen LogP contribution >= 0.6 is 0 Å². The molecule has 0 saturated heterocycles. The summed E-state index contributed by atoms with van der Waals surface area (Å²) in [4.78, 5) is 22.6. The Morgan fingerprint density at radius 1 is 1.23 bits per heavy atom. The minimum Gasteiger partial charge on any atom is -0.481 e. The number of nitrogens with one attached hydrogen (secondary N) is 2. The molecule has 0 radical (unpaired) electrons. The molecule has 1 amide bonds. The van der Waals surface area contributed by atoms with E-state index in [0.29, 0.717) is 18.9 Å². The molecule has 1 aromatic carbocycles. The van der Waals surface area contributed by atoms with Gasteiger partial charge in [-0.25, -0.2) is 0 Å². The average molecular weight is 302 g/mol. The summed E-state index contributed by atoms with van der Waals surface area (Å²) in [5.74, 6) is -1.21. The zero-order valence-corrected chi connectivity index (χ0v) is 12.7. The number of carboxylic acid groups (broad SMARTS) is 1. The van der Waals surface area contributed by atoms with Gasteiger partial charge in [-0.2, -0.15) is 0 Å². The molecule has 0 fully saturated rings. The molecule has 3 N–H and O–H groups in total. The third kappa shape index (κ3) is 5.69. The lowest BCUT2D eigenvalue weighted by Crippen LogP contribution is -2.20. The number of carbonyl (C=O) groups is 2. The van der Waals surface area contributed by atoms with E-state index in [0.717, 1.165) is 24.2 Å². The molecule has 5 nitrogen and oxygen atoms in total. The van der Waals surface area contributed by atoms with Crippen LogP contribution in [0.2, 0.25) is 0 Å². The summed E-state index contributed by atoms with van der Waals surface area (Å²) in [7, 11) is 0. The molecular formula is C17H22N2O3. The van der Waals surface area contributed by atoms with Crippen molar-refractivity contribution >= 4 is 17.6 Å². The van der Waals surface area contributed by atoms with Gasteiger partial charge in [0.05, 0.1) is 5.92 Å². The fourth-order valence-electron chi connectivity index (χ4n) is 2.10. The first-order valence-electron chi connectivity index (χ1n) is 7.58. The highest BCUT2D eigenvalue weighted by atomic mass is 16.4. The summed E-state index contributed by atoms with van der Waals surface area (Å²) in [6.45, 7) is 2.51. The lowest BCUT2D eigenvalue weighted by Gasteiger charge is -2.09. The van der Waals surface area contributed by atoms with Gasteiger partial charge in [-0.3, -0.25) is 9.59 Å². The Hall–Kier alpha value is -2.14. The van der Waals surface area contributed by atoms with Crippen LogP contribution in [0.5, 0.6) is 0 Å². The van der Waals surface area contributed by atoms with Crippen molar-refractivity contribution < 1.29 is 14.7 Å². The molecule has 0 aliphatic heterocycles. The molecule has 1 atom stereocenters. The SMILES string of the molecule is CC(Cc1ccc(NC(=O)CCCNC2C=C2)cc1)C(=O)O. The maximum Gasteiger partial charge on any atom is 0.306 e. The van der Waals surface area contributed by atoms with Crippen LogP contribution in [0.15, 0.2) is 36.4 Å². The van der Waals surface area contributed by atoms with E-state index in [4.69, 9.17) is 5.11 Å². The van der Waals surface area contributed by atoms with Gasteiger partial charge in [-0.1, -0.05) is 31.2 Å². The number of amides is 1. The van der Waals surface area contributed by atoms with Crippen molar-refractivity contribution in [1.29, 1.82) is 0 Å². The summed E-state index contributed by atoms with van der Waals surface area (Å²) in [6, 6.07) is 7.77. The summed E-state index contributed by atoms with van der Waals surface area (Å²) in [5.41, 5.74) is 1.70. The van der Waals surface area contributed by atoms with Gasteiger partial charge in [0.1, 0.15) is 0 Å². The molecule has 1 aromatic rings. The lowest BCUT2D eigenvalue weighted by atomic mass is 10.0. The monoisotopic (exact) mass is 302 g/mol. The second kappa shape index (κ2) is 7.75. The Morgan fingerprint density at radius 3 is 2.50 bits per heavy atom. The zero-order chi connectivity index (χ0) is 15.9. The normalized spacial score (nSPS) is 14.6. The van der Waals surface area contributed by atoms with E-state index in [-0.39, 0.29) is 5.91 Å². The quantitative estimate of drug-likeness (QED) is 0.483. The minimum atomic E-state index is -0.799. The molecule has 5 heteroatoms. The van der Waals surface area contributed by atoms with Crippen LogP contribution in [-0.2, 0) is 16.0 Å². The fourth-order valence-corrected chi connectivity index (χ4v) is 2.10. The van der Waals surface area contributed by atoms with Crippen LogP contribution in [0, 0.1) is 5.92 Å². The van der Waals surface area contributed by atoms with Crippen molar-refractivity contribution in [2.45, 2.75) is 32.2 Å². The van der Waals surface area contributed by atoms with Crippen molar-refractivity contribution in [1.82, 2.24) is 5.32 Å². The molecule has 1 unspecified atom stereocenters. The first kappa shape index (κ1) is 16.2. The summed E-state index contributed by atoms with van der Waals surface area (Å²) in [5, 5.41) is 15.0. The van der Waals surface area contributed by atoms with E-state index < -0.39 is 11.9 Å². The molecule has 0 spiro atoms. The van der Waals surface area contributed by atoms with E-state index in [1.807, 2.05) is 24.3 Å². The molecule has 1 aliphatic carbocycles. The molecule has 0 aromatic heterocycles. The van der Waals surface area contributed by atoms with Gasteiger partial charge in [0.25, 0.3) is 0 Å². The van der Waals surface area contributed by atoms with E-state index >= 15 is 0 Å². The van der Waals surface area contributed by atoms with Gasteiger partial charge in [0.15, 0.2) is 0 Å². The average Bonchev–Trinajstić information content (AvgIpc) is 3.30. The Balaban J connectivity index is 1.70. The standard InChI is InChI=1S/C17H22N2O3/c1-12(17(21)22)11-13-4-6-15(7-5-13)19-16(20)3-2-10-18-14-8-9-14/h4-9,12,14,18H,2-3,10-11H2,1H3,(H,19,20)(H,21,22). The predicted octanol–water partition coefficient (Wildman–Crippen LogP) is 2.20. The maximum atomic E-state index is 11.8. The van der Waals surface area contributed by atoms with E-state index in [1.54, 1.807) is 6.92 Å². The lowest BCUT2D eigenvalue weighted by molar-refractivity contribution is -0.141. The minimum absolute atomic E-state index is 0.00258. The third-order valence-electron chi connectivity index (χ3n) is 3.55. The Morgan fingerprint density at radius 2 is 1.91 bits per heavy atom. The van der Waals surface area contributed by atoms with Crippen molar-refractivity contribution in [2.24, 2.45) is 5.92 Å². The predicted molar refractivity (Wildman–Crippen MR) is 85.7 cm³/mol. The summed E-state index contributed by atoms with van der Waals surface area (Å²) < 4.78 is 0. The number of rotatable bonds is 9. The first-order chi connectivity index (χ1) is 10.5. The van der Waals surface area contributed by atoms with Gasteiger partial charge in [0.2, 0.25) is 5.91 Å². The number of anilines is 1. The first-order valence-corrected chi connectivity index (χ1v) is 7.58. The van der Waals surface area contributed by atoms with Crippen molar-refractivity contribution in [3.63, 3.8) is 0 Å². The zero-order valence-electron chi connectivity index (χ0n) is 12.7. The highest BCUT2D eigenvalue weighted by Crippen LogP contribution is 2.14. The highest BCUT2D eigenvalue weighted by molar-refractivity contribution is 5.90. The van der Waals surface area contributed by atoms with Crippen LogP contribution in [0.4, 0.5) is 5.69 Å². The number of carboxylic acids is 1. The van der Waals surface area contributed by atoms with Crippen LogP contribution < -0.4 is 10.6 Å². The van der Waals surface area contributed by atoms with Gasteiger partial charge in [-0.15, -0.1) is 0 Å². The molecule has 0 heterocycles. The molecular weight excluding hydrogens is 280 g/mol. The van der Waals surface area contributed by atoms with E-state index in [1.165, 1.54) is 0 Å². The van der Waals surface area contributed by atoms with Crippen LogP contribution in [0.3, 0.4) is 0 Å². The Labute approximate surface area is 130 Å². The van der Waals surface area contributed by atoms with E-state index in [2.05, 4.69) is 22.8 Å². The number of benzene rings is 1. The molecule has 22 heavy (non-hydrogen) atoms. The second-order valence-electron chi connectivity index (χ2n) is 5.66. The topological polar surface area (TPSA) is 78.4 Å². The van der Waals surface area contributed by atoms with Crippen molar-refractivity contribution in [2.75, 3.05) is 11.9 Å². The van der Waals surface area contributed by atoms with Gasteiger partial charge in [-0.05, 0) is 37.1 Å². The molecule has 1 aliphatic rings. The van der Waals surface area contributed by atoms with Crippen LogP contribution in [-0.4, -0.2) is 29.6 Å². The van der Waals surface area contributed by atoms with Crippen molar-refractivity contribution in [3.8, 4) is 0 Å². The molecule has 0 saturated carbocycles. The Kier molecular flexibility index (Phi) is 5.72. The molecule has 118 valence electrons. The van der Waals surface area contributed by atoms with Crippen molar-refractivity contribution in [3.05, 3.63) is 42.0 Å². The van der Waals surface area contributed by atoms with Crippen LogP contribution in [0.25, 0.3) is 0 Å². The number of hydrogen-bond acceptors (Lipinski definition) is 3. The van der Waals surface area contributed by atoms with Gasteiger partial charge >= 0.3 is 5.97 Å². The van der Waals surface area contributed by atoms with E-state index in [9.17, 15) is 9.59 Å².